The Labute approximate surface area is 123 Å². The van der Waals surface area contributed by atoms with Crippen LogP contribution in [0.3, 0.4) is 0 Å². The van der Waals surface area contributed by atoms with E-state index in [-0.39, 0.29) is 5.91 Å². The molecule has 0 bridgehead atoms. The van der Waals surface area contributed by atoms with Crippen molar-refractivity contribution in [3.63, 3.8) is 0 Å². The van der Waals surface area contributed by atoms with Crippen molar-refractivity contribution in [3.05, 3.63) is 56.6 Å². The van der Waals surface area contributed by atoms with E-state index in [1.165, 1.54) is 0 Å². The highest BCUT2D eigenvalue weighted by molar-refractivity contribution is 14.1. The Morgan fingerprint density at radius 2 is 1.83 bits per heavy atom. The number of nitrogen functional groups attached to an aromatic ring is 1. The van der Waals surface area contributed by atoms with Gasteiger partial charge < -0.3 is 11.1 Å². The number of nitrogens with one attached hydrogen (secondary N) is 1. The SMILES string of the molecule is Nc1cc(NC(=O)c2ccc(I)cc2)ccc1Cl. The smallest absolute Gasteiger partial charge is 0.255 e. The van der Waals surface area contributed by atoms with E-state index in [0.29, 0.717) is 22.0 Å². The highest BCUT2D eigenvalue weighted by Crippen LogP contribution is 2.22. The van der Waals surface area contributed by atoms with Gasteiger partial charge in [-0.15, -0.1) is 0 Å². The summed E-state index contributed by atoms with van der Waals surface area (Å²) in [5, 5.41) is 3.24. The molecule has 0 radical (unpaired) electrons. The van der Waals surface area contributed by atoms with Crippen LogP contribution in [-0.4, -0.2) is 5.91 Å². The molecule has 2 aromatic carbocycles. The molecule has 2 rings (SSSR count). The molecule has 3 N–H and O–H groups in total. The zero-order chi connectivity index (χ0) is 13.1. The van der Waals surface area contributed by atoms with Gasteiger partial charge in [-0.05, 0) is 65.1 Å². The van der Waals surface area contributed by atoms with Gasteiger partial charge in [-0.3, -0.25) is 4.79 Å². The minimum atomic E-state index is -0.173. The number of carbonyl (C=O) groups excluding carboxylic acids is 1. The minimum absolute atomic E-state index is 0.173. The lowest BCUT2D eigenvalue weighted by Gasteiger charge is -2.07. The minimum Gasteiger partial charge on any atom is -0.397 e. The van der Waals surface area contributed by atoms with Gasteiger partial charge in [-0.1, -0.05) is 11.6 Å². The van der Waals surface area contributed by atoms with Crippen LogP contribution in [0.25, 0.3) is 0 Å². The molecule has 0 heterocycles. The van der Waals surface area contributed by atoms with Crippen molar-refractivity contribution in [1.82, 2.24) is 0 Å². The zero-order valence-corrected chi connectivity index (χ0v) is 12.2. The number of nitrogens with two attached hydrogens (primary N) is 1. The van der Waals surface area contributed by atoms with E-state index in [9.17, 15) is 4.79 Å². The third-order valence-electron chi connectivity index (χ3n) is 2.36. The zero-order valence-electron chi connectivity index (χ0n) is 9.28. The fourth-order valence-corrected chi connectivity index (χ4v) is 1.90. The molecular weight excluding hydrogens is 363 g/mol. The van der Waals surface area contributed by atoms with Crippen molar-refractivity contribution in [2.45, 2.75) is 0 Å². The van der Waals surface area contributed by atoms with Crippen molar-refractivity contribution in [2.75, 3.05) is 11.1 Å². The van der Waals surface area contributed by atoms with E-state index in [1.807, 2.05) is 12.1 Å². The summed E-state index contributed by atoms with van der Waals surface area (Å²) in [5.41, 5.74) is 7.34. The van der Waals surface area contributed by atoms with Crippen LogP contribution in [0, 0.1) is 3.57 Å². The van der Waals surface area contributed by atoms with Crippen molar-refractivity contribution >= 4 is 51.5 Å². The number of halogens is 2. The summed E-state index contributed by atoms with van der Waals surface area (Å²) in [4.78, 5) is 11.9. The van der Waals surface area contributed by atoms with Crippen LogP contribution in [0.15, 0.2) is 42.5 Å². The quantitative estimate of drug-likeness (QED) is 0.623. The molecule has 0 saturated carbocycles. The molecule has 3 nitrogen and oxygen atoms in total. The Kier molecular flexibility index (Phi) is 4.08. The van der Waals surface area contributed by atoms with Crippen molar-refractivity contribution in [3.8, 4) is 0 Å². The lowest BCUT2D eigenvalue weighted by molar-refractivity contribution is 0.102. The Morgan fingerprint density at radius 3 is 2.44 bits per heavy atom. The highest BCUT2D eigenvalue weighted by atomic mass is 127. The van der Waals surface area contributed by atoms with Crippen LogP contribution in [0.4, 0.5) is 11.4 Å². The molecule has 0 spiro atoms. The number of hydrogen-bond donors (Lipinski definition) is 2. The molecule has 0 saturated heterocycles. The summed E-state index contributed by atoms with van der Waals surface area (Å²) in [6.45, 7) is 0. The molecule has 18 heavy (non-hydrogen) atoms. The van der Waals surface area contributed by atoms with Gasteiger partial charge in [-0.25, -0.2) is 0 Å². The van der Waals surface area contributed by atoms with Crippen LogP contribution < -0.4 is 11.1 Å². The molecule has 0 aliphatic carbocycles. The lowest BCUT2D eigenvalue weighted by atomic mass is 10.2. The normalized spacial score (nSPS) is 10.1. The molecule has 0 aliphatic rings. The number of amides is 1. The monoisotopic (exact) mass is 372 g/mol. The summed E-state index contributed by atoms with van der Waals surface area (Å²) in [6.07, 6.45) is 0. The summed E-state index contributed by atoms with van der Waals surface area (Å²) in [5.74, 6) is -0.173. The number of benzene rings is 2. The number of anilines is 2. The average Bonchev–Trinajstić information content (AvgIpc) is 2.34. The highest BCUT2D eigenvalue weighted by Gasteiger charge is 2.06. The molecule has 1 amide bonds. The van der Waals surface area contributed by atoms with Gasteiger partial charge in [0.05, 0.1) is 10.7 Å². The van der Waals surface area contributed by atoms with E-state index < -0.39 is 0 Å². The summed E-state index contributed by atoms with van der Waals surface area (Å²) < 4.78 is 1.08. The van der Waals surface area contributed by atoms with Gasteiger partial charge in [0.25, 0.3) is 5.91 Å². The Balaban J connectivity index is 2.16. The average molecular weight is 373 g/mol. The van der Waals surface area contributed by atoms with Crippen molar-refractivity contribution in [1.29, 1.82) is 0 Å². The van der Waals surface area contributed by atoms with Crippen molar-refractivity contribution in [2.24, 2.45) is 0 Å². The largest absolute Gasteiger partial charge is 0.397 e. The van der Waals surface area contributed by atoms with Crippen molar-refractivity contribution < 1.29 is 4.79 Å². The predicted molar refractivity (Wildman–Crippen MR) is 83.0 cm³/mol. The second kappa shape index (κ2) is 5.58. The maximum absolute atomic E-state index is 11.9. The van der Waals surface area contributed by atoms with Gasteiger partial charge in [0.15, 0.2) is 0 Å². The van der Waals surface area contributed by atoms with E-state index in [0.717, 1.165) is 3.57 Å². The summed E-state index contributed by atoms with van der Waals surface area (Å²) >= 11 is 8.00. The first-order valence-electron chi connectivity index (χ1n) is 5.18. The van der Waals surface area contributed by atoms with E-state index in [4.69, 9.17) is 17.3 Å². The standard InChI is InChI=1S/C13H10ClIN2O/c14-11-6-5-10(7-12(11)16)17-13(18)8-1-3-9(15)4-2-8/h1-7H,16H2,(H,17,18). The molecule has 0 atom stereocenters. The van der Waals surface area contributed by atoms with E-state index in [2.05, 4.69) is 27.9 Å². The van der Waals surface area contributed by atoms with Crippen LogP contribution >= 0.6 is 34.2 Å². The molecular formula is C13H10ClIN2O. The van der Waals surface area contributed by atoms with Crippen LogP contribution in [0.2, 0.25) is 5.02 Å². The van der Waals surface area contributed by atoms with E-state index >= 15 is 0 Å². The third-order valence-corrected chi connectivity index (χ3v) is 3.42. The van der Waals surface area contributed by atoms with Crippen LogP contribution in [0.1, 0.15) is 10.4 Å². The molecule has 92 valence electrons. The lowest BCUT2D eigenvalue weighted by Crippen LogP contribution is -2.11. The fourth-order valence-electron chi connectivity index (χ4n) is 1.43. The Bertz CT molecular complexity index is 584. The number of hydrogen-bond acceptors (Lipinski definition) is 2. The first kappa shape index (κ1) is 13.2. The molecule has 0 aromatic heterocycles. The Morgan fingerprint density at radius 1 is 1.17 bits per heavy atom. The maximum atomic E-state index is 11.9. The summed E-state index contributed by atoms with van der Waals surface area (Å²) in [7, 11) is 0. The topological polar surface area (TPSA) is 55.1 Å². The van der Waals surface area contributed by atoms with Gasteiger partial charge in [0.2, 0.25) is 0 Å². The number of carbonyl (C=O) groups is 1. The molecule has 5 heteroatoms. The van der Waals surface area contributed by atoms with Gasteiger partial charge in [0.1, 0.15) is 0 Å². The molecule has 2 aromatic rings. The van der Waals surface area contributed by atoms with Gasteiger partial charge in [-0.2, -0.15) is 0 Å². The summed E-state index contributed by atoms with van der Waals surface area (Å²) in [6, 6.07) is 12.3. The second-order valence-electron chi connectivity index (χ2n) is 3.70. The fraction of sp³-hybridized carbons (Fsp3) is 0. The second-order valence-corrected chi connectivity index (χ2v) is 5.35. The first-order valence-corrected chi connectivity index (χ1v) is 6.64. The van der Waals surface area contributed by atoms with Gasteiger partial charge >= 0.3 is 0 Å². The molecule has 0 fully saturated rings. The molecule has 0 unspecified atom stereocenters. The molecule has 0 aliphatic heterocycles. The predicted octanol–water partition coefficient (Wildman–Crippen LogP) is 3.78. The Hall–Kier alpha value is -1.27. The van der Waals surface area contributed by atoms with E-state index in [1.54, 1.807) is 30.3 Å². The maximum Gasteiger partial charge on any atom is 0.255 e. The van der Waals surface area contributed by atoms with Crippen LogP contribution in [0.5, 0.6) is 0 Å². The van der Waals surface area contributed by atoms with Gasteiger partial charge in [0, 0.05) is 14.8 Å². The first-order chi connectivity index (χ1) is 8.56. The third kappa shape index (κ3) is 3.14. The van der Waals surface area contributed by atoms with Crippen LogP contribution in [-0.2, 0) is 0 Å². The number of rotatable bonds is 2.